The second-order valence-electron chi connectivity index (χ2n) is 7.01. The van der Waals surface area contributed by atoms with Crippen molar-refractivity contribution in [3.05, 3.63) is 20.8 Å². The van der Waals surface area contributed by atoms with E-state index in [-0.39, 0.29) is 5.56 Å². The van der Waals surface area contributed by atoms with Crippen LogP contribution in [-0.2, 0) is 19.4 Å². The fourth-order valence-corrected chi connectivity index (χ4v) is 5.31. The molecule has 0 amide bonds. The minimum absolute atomic E-state index is 0.0909. The molecule has 128 valence electrons. The minimum Gasteiger partial charge on any atom is -0.287 e. The van der Waals surface area contributed by atoms with Gasteiger partial charge in [0.2, 0.25) is 0 Å². The standard InChI is InChI=1S/C18H23N3OS2/c1-11(2)6-8-21-17(22)15-13-5-4-12(3)10-14(13)24-16(15)20-18(21)23-9-7-19/h11-12H,4-6,8-10H2,1-3H3/t12-/m1/s1. The summed E-state index contributed by atoms with van der Waals surface area (Å²) in [5.41, 5.74) is 1.33. The van der Waals surface area contributed by atoms with E-state index in [9.17, 15) is 4.79 Å². The smallest absolute Gasteiger partial charge is 0.263 e. The van der Waals surface area contributed by atoms with Crippen LogP contribution in [-0.4, -0.2) is 15.3 Å². The summed E-state index contributed by atoms with van der Waals surface area (Å²) in [6, 6.07) is 2.14. The summed E-state index contributed by atoms with van der Waals surface area (Å²) in [6.45, 7) is 7.27. The van der Waals surface area contributed by atoms with Crippen molar-refractivity contribution in [3.8, 4) is 6.07 Å². The molecule has 0 unspecified atom stereocenters. The number of thiophene rings is 1. The Morgan fingerprint density at radius 2 is 2.29 bits per heavy atom. The highest BCUT2D eigenvalue weighted by atomic mass is 32.2. The molecular formula is C18H23N3OS2. The normalized spacial score (nSPS) is 17.2. The molecule has 24 heavy (non-hydrogen) atoms. The minimum atomic E-state index is 0.0909. The molecule has 1 aliphatic rings. The number of fused-ring (bicyclic) bond motifs is 3. The molecule has 6 heteroatoms. The summed E-state index contributed by atoms with van der Waals surface area (Å²) < 4.78 is 1.80. The Morgan fingerprint density at radius 3 is 3.00 bits per heavy atom. The van der Waals surface area contributed by atoms with E-state index in [1.165, 1.54) is 22.2 Å². The third kappa shape index (κ3) is 3.38. The second kappa shape index (κ2) is 7.28. The van der Waals surface area contributed by atoms with Crippen LogP contribution >= 0.6 is 23.1 Å². The Kier molecular flexibility index (Phi) is 5.31. The molecule has 2 aromatic rings. The van der Waals surface area contributed by atoms with E-state index in [1.807, 2.05) is 0 Å². The van der Waals surface area contributed by atoms with Gasteiger partial charge >= 0.3 is 0 Å². The number of rotatable bonds is 5. The van der Waals surface area contributed by atoms with Gasteiger partial charge in [0.25, 0.3) is 5.56 Å². The van der Waals surface area contributed by atoms with Crippen LogP contribution in [0.4, 0.5) is 0 Å². The van der Waals surface area contributed by atoms with Gasteiger partial charge in [0.15, 0.2) is 5.16 Å². The summed E-state index contributed by atoms with van der Waals surface area (Å²) in [5, 5.41) is 10.4. The zero-order chi connectivity index (χ0) is 17.3. The lowest BCUT2D eigenvalue weighted by Gasteiger charge is -2.18. The predicted octanol–water partition coefficient (Wildman–Crippen LogP) is 4.24. The second-order valence-corrected chi connectivity index (χ2v) is 9.04. The van der Waals surface area contributed by atoms with Crippen molar-refractivity contribution in [1.82, 2.24) is 9.55 Å². The molecular weight excluding hydrogens is 338 g/mol. The third-order valence-electron chi connectivity index (χ3n) is 4.58. The summed E-state index contributed by atoms with van der Waals surface area (Å²) in [6.07, 6.45) is 4.14. The number of hydrogen-bond donors (Lipinski definition) is 0. The molecule has 0 saturated carbocycles. The number of aromatic nitrogens is 2. The molecule has 3 rings (SSSR count). The maximum absolute atomic E-state index is 13.2. The zero-order valence-corrected chi connectivity index (χ0v) is 16.1. The van der Waals surface area contributed by atoms with E-state index in [1.54, 1.807) is 15.9 Å². The average Bonchev–Trinajstić information content (AvgIpc) is 2.89. The first-order valence-electron chi connectivity index (χ1n) is 8.56. The molecule has 0 saturated heterocycles. The SMILES string of the molecule is CC(C)CCn1c(SCC#N)nc2sc3c(c2c1=O)CC[C@@H](C)C3. The Morgan fingerprint density at radius 1 is 1.50 bits per heavy atom. The average molecular weight is 362 g/mol. The molecule has 0 spiro atoms. The number of nitriles is 1. The van der Waals surface area contributed by atoms with Crippen LogP contribution in [0.2, 0.25) is 0 Å². The molecule has 2 aromatic heterocycles. The number of hydrogen-bond acceptors (Lipinski definition) is 5. The first-order valence-corrected chi connectivity index (χ1v) is 10.4. The van der Waals surface area contributed by atoms with Gasteiger partial charge in [-0.25, -0.2) is 4.98 Å². The van der Waals surface area contributed by atoms with Crippen molar-refractivity contribution in [2.45, 2.75) is 58.2 Å². The highest BCUT2D eigenvalue weighted by molar-refractivity contribution is 7.99. The third-order valence-corrected chi connectivity index (χ3v) is 6.57. The van der Waals surface area contributed by atoms with Gasteiger partial charge in [0, 0.05) is 11.4 Å². The molecule has 0 aliphatic heterocycles. The predicted molar refractivity (Wildman–Crippen MR) is 101 cm³/mol. The Labute approximate surface area is 150 Å². The number of aryl methyl sites for hydroxylation is 1. The summed E-state index contributed by atoms with van der Waals surface area (Å²) in [4.78, 5) is 20.1. The van der Waals surface area contributed by atoms with Gasteiger partial charge in [-0.1, -0.05) is 32.5 Å². The molecule has 0 aromatic carbocycles. The van der Waals surface area contributed by atoms with Crippen LogP contribution < -0.4 is 5.56 Å². The van der Waals surface area contributed by atoms with Crippen molar-refractivity contribution in [1.29, 1.82) is 5.26 Å². The van der Waals surface area contributed by atoms with Crippen LogP contribution in [0, 0.1) is 23.2 Å². The van der Waals surface area contributed by atoms with Crippen LogP contribution in [0.3, 0.4) is 0 Å². The van der Waals surface area contributed by atoms with E-state index < -0.39 is 0 Å². The fraction of sp³-hybridized carbons (Fsp3) is 0.611. The van der Waals surface area contributed by atoms with E-state index in [2.05, 4.69) is 26.8 Å². The number of nitrogens with zero attached hydrogens (tertiary/aromatic N) is 3. The van der Waals surface area contributed by atoms with Crippen LogP contribution in [0.1, 0.15) is 44.1 Å². The Bertz CT molecular complexity index is 845. The Balaban J connectivity index is 2.13. The van der Waals surface area contributed by atoms with Gasteiger partial charge in [-0.3, -0.25) is 9.36 Å². The largest absolute Gasteiger partial charge is 0.287 e. The van der Waals surface area contributed by atoms with Gasteiger partial charge in [-0.15, -0.1) is 11.3 Å². The zero-order valence-electron chi connectivity index (χ0n) is 14.5. The van der Waals surface area contributed by atoms with Gasteiger partial charge < -0.3 is 0 Å². The fourth-order valence-electron chi connectivity index (χ4n) is 3.20. The van der Waals surface area contributed by atoms with Crippen LogP contribution in [0.5, 0.6) is 0 Å². The van der Waals surface area contributed by atoms with E-state index in [4.69, 9.17) is 10.2 Å². The van der Waals surface area contributed by atoms with Crippen LogP contribution in [0.15, 0.2) is 9.95 Å². The van der Waals surface area contributed by atoms with Gasteiger partial charge in [0.1, 0.15) is 4.83 Å². The van der Waals surface area contributed by atoms with Gasteiger partial charge in [0.05, 0.1) is 17.2 Å². The summed E-state index contributed by atoms with van der Waals surface area (Å²) in [7, 11) is 0. The monoisotopic (exact) mass is 361 g/mol. The highest BCUT2D eigenvalue weighted by Crippen LogP contribution is 2.36. The van der Waals surface area contributed by atoms with Crippen molar-refractivity contribution < 1.29 is 0 Å². The quantitative estimate of drug-likeness (QED) is 0.590. The molecule has 2 heterocycles. The first-order chi connectivity index (χ1) is 11.5. The van der Waals surface area contributed by atoms with E-state index >= 15 is 0 Å². The van der Waals surface area contributed by atoms with Crippen molar-refractivity contribution in [2.75, 3.05) is 5.75 Å². The number of thioether (sulfide) groups is 1. The lowest BCUT2D eigenvalue weighted by molar-refractivity contribution is 0.480. The summed E-state index contributed by atoms with van der Waals surface area (Å²) in [5.74, 6) is 1.53. The molecule has 1 aliphatic carbocycles. The van der Waals surface area contributed by atoms with E-state index in [0.29, 0.717) is 29.3 Å². The highest BCUT2D eigenvalue weighted by Gasteiger charge is 2.24. The lowest BCUT2D eigenvalue weighted by Crippen LogP contribution is -2.24. The molecule has 0 N–H and O–H groups in total. The molecule has 0 bridgehead atoms. The molecule has 4 nitrogen and oxygen atoms in total. The van der Waals surface area contributed by atoms with Crippen molar-refractivity contribution >= 4 is 33.3 Å². The first kappa shape index (κ1) is 17.5. The molecule has 0 radical (unpaired) electrons. The van der Waals surface area contributed by atoms with Crippen LogP contribution in [0.25, 0.3) is 10.2 Å². The molecule has 0 fully saturated rings. The van der Waals surface area contributed by atoms with Gasteiger partial charge in [-0.2, -0.15) is 5.26 Å². The Hall–Kier alpha value is -1.32. The van der Waals surface area contributed by atoms with Crippen molar-refractivity contribution in [3.63, 3.8) is 0 Å². The lowest BCUT2D eigenvalue weighted by atomic mass is 9.89. The summed E-state index contributed by atoms with van der Waals surface area (Å²) >= 11 is 3.05. The topological polar surface area (TPSA) is 58.7 Å². The maximum atomic E-state index is 13.2. The maximum Gasteiger partial charge on any atom is 0.263 e. The van der Waals surface area contributed by atoms with Crippen molar-refractivity contribution in [2.24, 2.45) is 11.8 Å². The molecule has 1 atom stereocenters. The van der Waals surface area contributed by atoms with Gasteiger partial charge in [-0.05, 0) is 43.1 Å². The van der Waals surface area contributed by atoms with E-state index in [0.717, 1.165) is 35.9 Å².